The normalized spacial score (nSPS) is 42.0. The topological polar surface area (TPSA) is 21.3 Å². The molecule has 2 heterocycles. The summed E-state index contributed by atoms with van der Waals surface area (Å²) < 4.78 is 30.9. The molecule has 0 aliphatic carbocycles. The highest BCUT2D eigenvalue weighted by atomic mass is 19.3. The van der Waals surface area contributed by atoms with Gasteiger partial charge < -0.3 is 4.74 Å². The summed E-state index contributed by atoms with van der Waals surface area (Å²) in [6, 6.07) is 0. The molecule has 0 amide bonds. The van der Waals surface area contributed by atoms with Gasteiger partial charge in [-0.05, 0) is 12.8 Å². The Kier molecular flexibility index (Phi) is 1.44. The number of alkyl halides is 2. The molecule has 2 rings (SSSR count). The van der Waals surface area contributed by atoms with Crippen molar-refractivity contribution in [3.63, 3.8) is 0 Å². The number of hydrogen-bond acceptors (Lipinski definition) is 2. The van der Waals surface area contributed by atoms with Gasteiger partial charge in [-0.25, -0.2) is 8.78 Å². The van der Waals surface area contributed by atoms with Crippen molar-refractivity contribution in [2.24, 2.45) is 0 Å². The Balaban J connectivity index is 2.09. The second-order valence-corrected chi connectivity index (χ2v) is 3.30. The van der Waals surface area contributed by atoms with Crippen LogP contribution in [0.25, 0.3) is 0 Å². The molecule has 0 saturated carbocycles. The summed E-state index contributed by atoms with van der Waals surface area (Å²) >= 11 is 0. The zero-order chi connectivity index (χ0) is 7.95. The van der Waals surface area contributed by atoms with Gasteiger partial charge in [-0.1, -0.05) is 0 Å². The van der Waals surface area contributed by atoms with Crippen molar-refractivity contribution in [3.05, 3.63) is 0 Å². The lowest BCUT2D eigenvalue weighted by Crippen LogP contribution is -2.76. The molecule has 1 spiro atoms. The van der Waals surface area contributed by atoms with Crippen molar-refractivity contribution >= 4 is 0 Å². The van der Waals surface area contributed by atoms with Gasteiger partial charge in [-0.3, -0.25) is 5.32 Å². The quantitative estimate of drug-likeness (QED) is 0.569. The third-order valence-electron chi connectivity index (χ3n) is 2.59. The smallest absolute Gasteiger partial charge is 0.280 e. The maximum atomic E-state index is 12.9. The van der Waals surface area contributed by atoms with Gasteiger partial charge in [0, 0.05) is 6.61 Å². The molecule has 0 aromatic rings. The fraction of sp³-hybridized carbons (Fsp3) is 1.00. The average molecular weight is 163 g/mol. The van der Waals surface area contributed by atoms with E-state index in [9.17, 15) is 8.78 Å². The first-order valence-electron chi connectivity index (χ1n) is 3.87. The lowest BCUT2D eigenvalue weighted by molar-refractivity contribution is -0.196. The Hall–Kier alpha value is -0.220. The minimum Gasteiger partial charge on any atom is -0.379 e. The van der Waals surface area contributed by atoms with Gasteiger partial charge in [0.15, 0.2) is 0 Å². The minimum atomic E-state index is -2.55. The van der Waals surface area contributed by atoms with E-state index in [0.717, 1.165) is 6.42 Å². The van der Waals surface area contributed by atoms with Crippen LogP contribution in [0.1, 0.15) is 12.8 Å². The van der Waals surface area contributed by atoms with Crippen LogP contribution in [-0.2, 0) is 4.74 Å². The van der Waals surface area contributed by atoms with Crippen molar-refractivity contribution in [3.8, 4) is 0 Å². The molecule has 0 aromatic carbocycles. The van der Waals surface area contributed by atoms with Crippen LogP contribution in [0.4, 0.5) is 8.78 Å². The summed E-state index contributed by atoms with van der Waals surface area (Å²) in [7, 11) is 0. The van der Waals surface area contributed by atoms with Crippen molar-refractivity contribution in [2.75, 3.05) is 19.8 Å². The van der Waals surface area contributed by atoms with E-state index in [-0.39, 0.29) is 13.2 Å². The Bertz CT molecular complexity index is 166. The summed E-state index contributed by atoms with van der Waals surface area (Å²) in [5.74, 6) is -2.55. The summed E-state index contributed by atoms with van der Waals surface area (Å²) in [5, 5.41) is 2.78. The van der Waals surface area contributed by atoms with E-state index in [1.54, 1.807) is 0 Å². The Morgan fingerprint density at radius 1 is 1.36 bits per heavy atom. The van der Waals surface area contributed by atoms with Crippen molar-refractivity contribution in [1.29, 1.82) is 0 Å². The Morgan fingerprint density at radius 3 is 2.45 bits per heavy atom. The predicted octanol–water partition coefficient (Wildman–Crippen LogP) is 0.774. The van der Waals surface area contributed by atoms with Gasteiger partial charge in [0.2, 0.25) is 0 Å². The molecular weight excluding hydrogens is 152 g/mol. The molecule has 11 heavy (non-hydrogen) atoms. The van der Waals surface area contributed by atoms with E-state index < -0.39 is 11.5 Å². The van der Waals surface area contributed by atoms with Crippen molar-refractivity contribution in [2.45, 2.75) is 24.3 Å². The number of ether oxygens (including phenoxy) is 1. The summed E-state index contributed by atoms with van der Waals surface area (Å²) in [6.45, 7) is 0.607. The average Bonchev–Trinajstić information content (AvgIpc) is 2.04. The fourth-order valence-corrected chi connectivity index (χ4v) is 1.69. The number of nitrogens with one attached hydrogen (secondary N) is 1. The van der Waals surface area contributed by atoms with E-state index in [4.69, 9.17) is 4.74 Å². The minimum absolute atomic E-state index is 0.167. The van der Waals surface area contributed by atoms with Gasteiger partial charge in [0.25, 0.3) is 5.92 Å². The van der Waals surface area contributed by atoms with E-state index in [0.29, 0.717) is 13.0 Å². The zero-order valence-electron chi connectivity index (χ0n) is 6.20. The highest BCUT2D eigenvalue weighted by molar-refractivity contribution is 5.11. The summed E-state index contributed by atoms with van der Waals surface area (Å²) in [4.78, 5) is 0. The molecular formula is C7H11F2NO. The largest absolute Gasteiger partial charge is 0.379 e. The van der Waals surface area contributed by atoms with Gasteiger partial charge in [0.1, 0.15) is 5.54 Å². The number of rotatable bonds is 0. The summed E-state index contributed by atoms with van der Waals surface area (Å²) in [5.41, 5.74) is -1.01. The molecule has 1 atom stereocenters. The fourth-order valence-electron chi connectivity index (χ4n) is 1.69. The molecule has 2 aliphatic heterocycles. The molecule has 1 N–H and O–H groups in total. The molecule has 2 nitrogen and oxygen atoms in total. The van der Waals surface area contributed by atoms with Crippen LogP contribution >= 0.6 is 0 Å². The van der Waals surface area contributed by atoms with E-state index in [1.807, 2.05) is 0 Å². The lowest BCUT2D eigenvalue weighted by atomic mass is 9.79. The molecule has 0 bridgehead atoms. The third-order valence-corrected chi connectivity index (χ3v) is 2.59. The molecule has 0 aromatic heterocycles. The van der Waals surface area contributed by atoms with Crippen molar-refractivity contribution < 1.29 is 13.5 Å². The summed E-state index contributed by atoms with van der Waals surface area (Å²) in [6.07, 6.45) is 1.28. The van der Waals surface area contributed by atoms with Crippen LogP contribution in [0, 0.1) is 0 Å². The van der Waals surface area contributed by atoms with E-state index in [1.165, 1.54) is 0 Å². The maximum absolute atomic E-state index is 12.9. The van der Waals surface area contributed by atoms with Crippen molar-refractivity contribution in [1.82, 2.24) is 5.32 Å². The van der Waals surface area contributed by atoms with Crippen LogP contribution in [0.3, 0.4) is 0 Å². The Labute approximate surface area is 63.9 Å². The predicted molar refractivity (Wildman–Crippen MR) is 35.7 cm³/mol. The molecule has 1 unspecified atom stereocenters. The number of hydrogen-bond donors (Lipinski definition) is 1. The van der Waals surface area contributed by atoms with Gasteiger partial charge in [-0.15, -0.1) is 0 Å². The maximum Gasteiger partial charge on any atom is 0.280 e. The molecule has 2 saturated heterocycles. The van der Waals surface area contributed by atoms with E-state index in [2.05, 4.69) is 5.32 Å². The van der Waals surface area contributed by atoms with Crippen LogP contribution in [-0.4, -0.2) is 31.2 Å². The monoisotopic (exact) mass is 163 g/mol. The molecule has 64 valence electrons. The standard InChI is InChI=1S/C7H11F2NO/c8-7(9)4-10-6(7)2-1-3-11-5-6/h10H,1-5H2. The van der Waals surface area contributed by atoms with E-state index >= 15 is 0 Å². The first-order chi connectivity index (χ1) is 5.16. The first kappa shape index (κ1) is 7.43. The molecule has 4 heteroatoms. The SMILES string of the molecule is FC1(F)CNC12CCCOC2. The van der Waals surface area contributed by atoms with Crippen LogP contribution < -0.4 is 5.32 Å². The van der Waals surface area contributed by atoms with Crippen LogP contribution in [0.15, 0.2) is 0 Å². The lowest BCUT2D eigenvalue weighted by Gasteiger charge is -2.51. The number of halogens is 2. The second-order valence-electron chi connectivity index (χ2n) is 3.30. The highest BCUT2D eigenvalue weighted by Crippen LogP contribution is 2.41. The van der Waals surface area contributed by atoms with Gasteiger partial charge in [-0.2, -0.15) is 0 Å². The van der Waals surface area contributed by atoms with Crippen LogP contribution in [0.5, 0.6) is 0 Å². The second kappa shape index (κ2) is 2.14. The molecule has 2 fully saturated rings. The van der Waals surface area contributed by atoms with Gasteiger partial charge >= 0.3 is 0 Å². The van der Waals surface area contributed by atoms with Crippen LogP contribution in [0.2, 0.25) is 0 Å². The zero-order valence-corrected chi connectivity index (χ0v) is 6.20. The molecule has 2 aliphatic rings. The Morgan fingerprint density at radius 2 is 2.18 bits per heavy atom. The van der Waals surface area contributed by atoms with Gasteiger partial charge in [0.05, 0.1) is 13.2 Å². The highest BCUT2D eigenvalue weighted by Gasteiger charge is 2.61. The first-order valence-corrected chi connectivity index (χ1v) is 3.87. The third kappa shape index (κ3) is 0.891. The molecule has 0 radical (unpaired) electrons.